The number of benzene rings is 1. The third-order valence-electron chi connectivity index (χ3n) is 1.60. The zero-order valence-electron chi connectivity index (χ0n) is 7.29. The van der Waals surface area contributed by atoms with E-state index in [9.17, 15) is 0 Å². The Labute approximate surface area is 82.0 Å². The highest BCUT2D eigenvalue weighted by molar-refractivity contribution is 6.09. The van der Waals surface area contributed by atoms with Crippen molar-refractivity contribution in [2.24, 2.45) is 0 Å². The van der Waals surface area contributed by atoms with Crippen LogP contribution in [0.25, 0.3) is 0 Å². The third kappa shape index (κ3) is 2.79. The molecule has 0 bridgehead atoms. The van der Waals surface area contributed by atoms with Crippen LogP contribution in [0.5, 0.6) is 11.5 Å². The quantitative estimate of drug-likeness (QED) is 0.811. The molecule has 0 aliphatic carbocycles. The summed E-state index contributed by atoms with van der Waals surface area (Å²) in [5.74, 6) is 1.20. The smallest absolute Gasteiger partial charge is 0.150 e. The Morgan fingerprint density at radius 3 is 2.85 bits per heavy atom. The van der Waals surface area contributed by atoms with Gasteiger partial charge < -0.3 is 14.1 Å². The highest BCUT2D eigenvalue weighted by Crippen LogP contribution is 2.24. The molecule has 0 saturated carbocycles. The molecule has 4 heteroatoms. The van der Waals surface area contributed by atoms with Crippen LogP contribution < -0.4 is 9.03 Å². The molecule has 0 fully saturated rings. The summed E-state index contributed by atoms with van der Waals surface area (Å²) in [6.45, 7) is 2.17. The van der Waals surface area contributed by atoms with Gasteiger partial charge in [0.25, 0.3) is 0 Å². The molecule has 0 amide bonds. The monoisotopic (exact) mass is 202 g/mol. The van der Waals surface area contributed by atoms with Gasteiger partial charge in [0, 0.05) is 6.07 Å². The maximum atomic E-state index is 8.56. The second kappa shape index (κ2) is 4.94. The van der Waals surface area contributed by atoms with Crippen LogP contribution in [-0.2, 0) is 0 Å². The van der Waals surface area contributed by atoms with E-state index in [0.29, 0.717) is 11.5 Å². The first-order chi connectivity index (χ1) is 6.27. The number of aliphatic hydroxyl groups is 1. The van der Waals surface area contributed by atoms with Gasteiger partial charge >= 0.3 is 0 Å². The topological polar surface area (TPSA) is 38.7 Å². The second-order valence-electron chi connectivity index (χ2n) is 2.58. The highest BCUT2D eigenvalue weighted by Gasteiger charge is 2.01. The van der Waals surface area contributed by atoms with Crippen LogP contribution in [0.1, 0.15) is 5.56 Å². The van der Waals surface area contributed by atoms with Gasteiger partial charge in [0.2, 0.25) is 0 Å². The number of hydrogen-bond donors (Lipinski definition) is 1. The van der Waals surface area contributed by atoms with Crippen LogP contribution in [0.2, 0.25) is 0 Å². The molecule has 1 aromatic rings. The minimum Gasteiger partial charge on any atom is -0.491 e. The van der Waals surface area contributed by atoms with Crippen LogP contribution in [0.4, 0.5) is 0 Å². The summed E-state index contributed by atoms with van der Waals surface area (Å²) < 4.78 is 9.76. The summed E-state index contributed by atoms with van der Waals surface area (Å²) in [4.78, 5) is 0. The minimum atomic E-state index is -0.00853. The van der Waals surface area contributed by atoms with Crippen molar-refractivity contribution in [2.75, 3.05) is 13.2 Å². The summed E-state index contributed by atoms with van der Waals surface area (Å²) in [5, 5.41) is 8.56. The van der Waals surface area contributed by atoms with E-state index in [0.717, 1.165) is 5.56 Å². The molecule has 72 valence electrons. The summed E-state index contributed by atoms with van der Waals surface area (Å²) in [6.07, 6.45) is 0. The van der Waals surface area contributed by atoms with Crippen molar-refractivity contribution < 1.29 is 14.1 Å². The van der Waals surface area contributed by atoms with Gasteiger partial charge in [-0.25, -0.2) is 0 Å². The lowest BCUT2D eigenvalue weighted by molar-refractivity contribution is 0.200. The first-order valence-corrected chi connectivity index (χ1v) is 4.21. The van der Waals surface area contributed by atoms with Gasteiger partial charge in [0.05, 0.1) is 6.61 Å². The first-order valence-electron chi connectivity index (χ1n) is 3.91. The van der Waals surface area contributed by atoms with E-state index in [1.807, 2.05) is 13.0 Å². The molecule has 0 spiro atoms. The first kappa shape index (κ1) is 10.2. The van der Waals surface area contributed by atoms with E-state index in [4.69, 9.17) is 21.7 Å². The SMILES string of the molecule is Cc1ccc(OCl)cc1OCCO. The molecule has 0 unspecified atom stereocenters. The lowest BCUT2D eigenvalue weighted by Gasteiger charge is -2.08. The molecule has 0 heterocycles. The van der Waals surface area contributed by atoms with Crippen LogP contribution in [0, 0.1) is 6.92 Å². The van der Waals surface area contributed by atoms with Crippen molar-refractivity contribution in [2.45, 2.75) is 6.92 Å². The molecule has 13 heavy (non-hydrogen) atoms. The largest absolute Gasteiger partial charge is 0.491 e. The van der Waals surface area contributed by atoms with E-state index in [-0.39, 0.29) is 13.2 Å². The van der Waals surface area contributed by atoms with Crippen LogP contribution in [0.15, 0.2) is 18.2 Å². The zero-order valence-corrected chi connectivity index (χ0v) is 8.04. The number of halogens is 1. The van der Waals surface area contributed by atoms with Crippen LogP contribution in [0.3, 0.4) is 0 Å². The standard InChI is InChI=1S/C9H11ClO3/c1-7-2-3-8(13-10)6-9(7)12-5-4-11/h2-3,6,11H,4-5H2,1H3. The maximum absolute atomic E-state index is 8.56. The van der Waals surface area contributed by atoms with Crippen molar-refractivity contribution in [3.63, 3.8) is 0 Å². The predicted molar refractivity (Wildman–Crippen MR) is 50.2 cm³/mol. The Morgan fingerprint density at radius 1 is 1.46 bits per heavy atom. The van der Waals surface area contributed by atoms with Crippen molar-refractivity contribution in [3.05, 3.63) is 23.8 Å². The molecule has 0 aliphatic heterocycles. The molecule has 3 nitrogen and oxygen atoms in total. The predicted octanol–water partition coefficient (Wildman–Crippen LogP) is 1.90. The average Bonchev–Trinajstić information content (AvgIpc) is 2.17. The number of aliphatic hydroxyl groups excluding tert-OH is 1. The maximum Gasteiger partial charge on any atom is 0.150 e. The third-order valence-corrected chi connectivity index (χ3v) is 1.78. The van der Waals surface area contributed by atoms with Gasteiger partial charge in [-0.1, -0.05) is 6.07 Å². The average molecular weight is 203 g/mol. The van der Waals surface area contributed by atoms with E-state index in [1.165, 1.54) is 0 Å². The lowest BCUT2D eigenvalue weighted by Crippen LogP contribution is -2.02. The fourth-order valence-electron chi connectivity index (χ4n) is 0.940. The van der Waals surface area contributed by atoms with Crippen molar-refractivity contribution >= 4 is 11.9 Å². The van der Waals surface area contributed by atoms with Crippen LogP contribution in [-0.4, -0.2) is 18.3 Å². The number of ether oxygens (including phenoxy) is 1. The van der Waals surface area contributed by atoms with Gasteiger partial charge in [-0.3, -0.25) is 0 Å². The molecule has 0 aromatic heterocycles. The number of aryl methyl sites for hydroxylation is 1. The van der Waals surface area contributed by atoms with Gasteiger partial charge in [0.1, 0.15) is 30.0 Å². The summed E-state index contributed by atoms with van der Waals surface area (Å²) in [7, 11) is 0. The van der Waals surface area contributed by atoms with Gasteiger partial charge in [-0.2, -0.15) is 0 Å². The van der Waals surface area contributed by atoms with Crippen molar-refractivity contribution in [1.29, 1.82) is 0 Å². The Kier molecular flexibility index (Phi) is 3.86. The Hall–Kier alpha value is -0.930. The van der Waals surface area contributed by atoms with Gasteiger partial charge in [-0.05, 0) is 18.6 Å². The molecular weight excluding hydrogens is 192 g/mol. The zero-order chi connectivity index (χ0) is 9.68. The number of hydrogen-bond acceptors (Lipinski definition) is 3. The van der Waals surface area contributed by atoms with E-state index in [2.05, 4.69) is 4.29 Å². The summed E-state index contributed by atoms with van der Waals surface area (Å²) in [6, 6.07) is 5.26. The van der Waals surface area contributed by atoms with E-state index in [1.54, 1.807) is 12.1 Å². The normalized spacial score (nSPS) is 9.77. The van der Waals surface area contributed by atoms with Crippen molar-refractivity contribution in [3.8, 4) is 11.5 Å². The lowest BCUT2D eigenvalue weighted by atomic mass is 10.2. The van der Waals surface area contributed by atoms with Crippen LogP contribution >= 0.6 is 11.9 Å². The molecule has 0 atom stereocenters. The second-order valence-corrected chi connectivity index (χ2v) is 2.73. The minimum absolute atomic E-state index is 0.00853. The highest BCUT2D eigenvalue weighted by atomic mass is 35.5. The summed E-state index contributed by atoms with van der Waals surface area (Å²) in [5.41, 5.74) is 0.978. The molecule has 0 aliphatic rings. The Bertz CT molecular complexity index is 276. The van der Waals surface area contributed by atoms with E-state index >= 15 is 0 Å². The fraction of sp³-hybridized carbons (Fsp3) is 0.333. The van der Waals surface area contributed by atoms with Gasteiger partial charge in [0.15, 0.2) is 0 Å². The van der Waals surface area contributed by atoms with Crippen molar-refractivity contribution in [1.82, 2.24) is 0 Å². The molecule has 0 saturated heterocycles. The van der Waals surface area contributed by atoms with Gasteiger partial charge in [-0.15, -0.1) is 0 Å². The molecule has 0 radical (unpaired) electrons. The molecule has 1 aromatic carbocycles. The summed E-state index contributed by atoms with van der Waals surface area (Å²) >= 11 is 5.18. The molecule has 1 rings (SSSR count). The van der Waals surface area contributed by atoms with E-state index < -0.39 is 0 Å². The Balaban J connectivity index is 2.78. The number of rotatable bonds is 4. The fourth-order valence-corrected chi connectivity index (χ4v) is 1.04. The molecular formula is C9H11ClO3. The molecule has 1 N–H and O–H groups in total. The Morgan fingerprint density at radius 2 is 2.23 bits per heavy atom.